The van der Waals surface area contributed by atoms with Crippen LogP contribution in [0.1, 0.15) is 27.6 Å². The van der Waals surface area contributed by atoms with Crippen LogP contribution in [0, 0.1) is 0 Å². The SMILES string of the molecule is CCn1cc(C(=O)OCC(=O)c2ccc(OC)c(Cl)c2)c2ccccc21. The van der Waals surface area contributed by atoms with E-state index in [1.165, 1.54) is 13.2 Å². The van der Waals surface area contributed by atoms with Crippen molar-refractivity contribution in [2.24, 2.45) is 0 Å². The summed E-state index contributed by atoms with van der Waals surface area (Å²) in [5.41, 5.74) is 1.76. The second kappa shape index (κ2) is 7.62. The van der Waals surface area contributed by atoms with Gasteiger partial charge < -0.3 is 14.0 Å². The van der Waals surface area contributed by atoms with Crippen LogP contribution in [0.2, 0.25) is 5.02 Å². The lowest BCUT2D eigenvalue weighted by Gasteiger charge is -2.06. The number of rotatable bonds is 6. The number of hydrogen-bond donors (Lipinski definition) is 0. The fraction of sp³-hybridized carbons (Fsp3) is 0.200. The number of fused-ring (bicyclic) bond motifs is 1. The molecule has 6 heteroatoms. The van der Waals surface area contributed by atoms with Crippen LogP contribution in [0.25, 0.3) is 10.9 Å². The molecule has 0 spiro atoms. The van der Waals surface area contributed by atoms with Crippen molar-refractivity contribution in [3.8, 4) is 5.75 Å². The number of methoxy groups -OCH3 is 1. The van der Waals surface area contributed by atoms with E-state index in [2.05, 4.69) is 0 Å². The first-order chi connectivity index (χ1) is 12.5. The van der Waals surface area contributed by atoms with E-state index in [-0.39, 0.29) is 12.4 Å². The Morgan fingerprint density at radius 3 is 2.62 bits per heavy atom. The lowest BCUT2D eigenvalue weighted by molar-refractivity contribution is 0.0476. The van der Waals surface area contributed by atoms with Gasteiger partial charge >= 0.3 is 5.97 Å². The number of carbonyl (C=O) groups excluding carboxylic acids is 2. The third kappa shape index (κ3) is 3.44. The number of benzene rings is 2. The van der Waals surface area contributed by atoms with Crippen LogP contribution >= 0.6 is 11.6 Å². The first-order valence-electron chi connectivity index (χ1n) is 8.17. The molecule has 3 rings (SSSR count). The summed E-state index contributed by atoms with van der Waals surface area (Å²) in [5.74, 6) is -0.379. The molecule has 26 heavy (non-hydrogen) atoms. The third-order valence-electron chi connectivity index (χ3n) is 4.16. The van der Waals surface area contributed by atoms with Crippen LogP contribution in [0.4, 0.5) is 0 Å². The average molecular weight is 372 g/mol. The van der Waals surface area contributed by atoms with Crippen molar-refractivity contribution in [3.05, 3.63) is 64.8 Å². The summed E-state index contributed by atoms with van der Waals surface area (Å²) in [7, 11) is 1.50. The van der Waals surface area contributed by atoms with E-state index < -0.39 is 5.97 Å². The average Bonchev–Trinajstić information content (AvgIpc) is 3.04. The Hall–Kier alpha value is -2.79. The molecule has 1 heterocycles. The Bertz CT molecular complexity index is 977. The van der Waals surface area contributed by atoms with Crippen molar-refractivity contribution in [3.63, 3.8) is 0 Å². The van der Waals surface area contributed by atoms with E-state index in [1.54, 1.807) is 18.3 Å². The minimum absolute atomic E-state index is 0.329. The Morgan fingerprint density at radius 1 is 1.15 bits per heavy atom. The maximum Gasteiger partial charge on any atom is 0.340 e. The van der Waals surface area contributed by atoms with Gasteiger partial charge in [-0.15, -0.1) is 0 Å². The molecule has 1 aromatic heterocycles. The van der Waals surface area contributed by atoms with Crippen LogP contribution < -0.4 is 4.74 Å². The second-order valence-corrected chi connectivity index (χ2v) is 6.10. The van der Waals surface area contributed by atoms with E-state index in [1.807, 2.05) is 35.8 Å². The number of aryl methyl sites for hydroxylation is 1. The minimum Gasteiger partial charge on any atom is -0.495 e. The zero-order valence-electron chi connectivity index (χ0n) is 14.5. The Morgan fingerprint density at radius 2 is 1.92 bits per heavy atom. The molecule has 0 bridgehead atoms. The predicted octanol–water partition coefficient (Wildman–Crippen LogP) is 4.36. The number of aromatic nitrogens is 1. The molecule has 0 saturated carbocycles. The quantitative estimate of drug-likeness (QED) is 0.477. The largest absolute Gasteiger partial charge is 0.495 e. The maximum atomic E-state index is 12.5. The van der Waals surface area contributed by atoms with Crippen LogP contribution in [0.3, 0.4) is 0 Å². The van der Waals surface area contributed by atoms with Gasteiger partial charge in [0.2, 0.25) is 0 Å². The summed E-state index contributed by atoms with van der Waals surface area (Å²) in [6.45, 7) is 2.38. The van der Waals surface area contributed by atoms with E-state index in [0.717, 1.165) is 17.4 Å². The van der Waals surface area contributed by atoms with E-state index in [0.29, 0.717) is 21.9 Å². The van der Waals surface area contributed by atoms with Crippen molar-refractivity contribution < 1.29 is 19.1 Å². The Labute approximate surface area is 156 Å². The summed E-state index contributed by atoms with van der Waals surface area (Å²) >= 11 is 6.03. The minimum atomic E-state index is -0.527. The Balaban J connectivity index is 1.75. The number of Topliss-reactive ketones (excluding diaryl/α,β-unsaturated/α-hetero) is 1. The standard InChI is InChI=1S/C20H18ClNO4/c1-3-22-11-15(14-6-4-5-7-17(14)22)20(24)26-12-18(23)13-8-9-19(25-2)16(21)10-13/h4-11H,3,12H2,1-2H3. The lowest BCUT2D eigenvalue weighted by Crippen LogP contribution is -2.14. The number of carbonyl (C=O) groups is 2. The van der Waals surface area contributed by atoms with Crippen LogP contribution in [-0.2, 0) is 11.3 Å². The molecule has 0 radical (unpaired) electrons. The molecule has 0 fully saturated rings. The molecule has 0 saturated heterocycles. The predicted molar refractivity (Wildman–Crippen MR) is 100 cm³/mol. The number of esters is 1. The van der Waals surface area contributed by atoms with Gasteiger partial charge in [-0.1, -0.05) is 29.8 Å². The maximum absolute atomic E-state index is 12.5. The molecule has 0 aliphatic rings. The van der Waals surface area contributed by atoms with Gasteiger partial charge in [0.25, 0.3) is 0 Å². The number of ketones is 1. The molecular weight excluding hydrogens is 354 g/mol. The molecular formula is C20H18ClNO4. The molecule has 0 amide bonds. The number of ether oxygens (including phenoxy) is 2. The zero-order valence-corrected chi connectivity index (χ0v) is 15.2. The van der Waals surface area contributed by atoms with Crippen LogP contribution in [0.15, 0.2) is 48.7 Å². The van der Waals surface area contributed by atoms with Gasteiger partial charge in [-0.25, -0.2) is 4.79 Å². The third-order valence-corrected chi connectivity index (χ3v) is 4.45. The van der Waals surface area contributed by atoms with Gasteiger partial charge in [0.1, 0.15) is 5.75 Å². The highest BCUT2D eigenvalue weighted by atomic mass is 35.5. The van der Waals surface area contributed by atoms with Gasteiger partial charge in [-0.05, 0) is 31.2 Å². The molecule has 134 valence electrons. The highest BCUT2D eigenvalue weighted by Crippen LogP contribution is 2.25. The fourth-order valence-electron chi connectivity index (χ4n) is 2.80. The van der Waals surface area contributed by atoms with E-state index in [9.17, 15) is 9.59 Å². The lowest BCUT2D eigenvalue weighted by atomic mass is 10.1. The van der Waals surface area contributed by atoms with Crippen LogP contribution in [-0.4, -0.2) is 30.0 Å². The summed E-state index contributed by atoms with van der Waals surface area (Å²) in [4.78, 5) is 24.7. The van der Waals surface area contributed by atoms with E-state index in [4.69, 9.17) is 21.1 Å². The molecule has 0 atom stereocenters. The van der Waals surface area contributed by atoms with Crippen molar-refractivity contribution in [1.29, 1.82) is 0 Å². The summed E-state index contributed by atoms with van der Waals surface area (Å²) in [6.07, 6.45) is 1.75. The first-order valence-corrected chi connectivity index (χ1v) is 8.54. The van der Waals surface area contributed by atoms with Crippen molar-refractivity contribution in [2.75, 3.05) is 13.7 Å². The van der Waals surface area contributed by atoms with Crippen molar-refractivity contribution >= 4 is 34.3 Å². The van der Waals surface area contributed by atoms with E-state index >= 15 is 0 Å². The smallest absolute Gasteiger partial charge is 0.340 e. The van der Waals surface area contributed by atoms with Crippen molar-refractivity contribution in [1.82, 2.24) is 4.57 Å². The Kier molecular flexibility index (Phi) is 5.28. The summed E-state index contributed by atoms with van der Waals surface area (Å²) < 4.78 is 12.3. The van der Waals surface area contributed by atoms with Gasteiger partial charge in [-0.2, -0.15) is 0 Å². The normalized spacial score (nSPS) is 10.7. The van der Waals surface area contributed by atoms with Gasteiger partial charge in [0.05, 0.1) is 17.7 Å². The number of para-hydroxylation sites is 1. The van der Waals surface area contributed by atoms with Gasteiger partial charge in [0, 0.05) is 29.2 Å². The molecule has 0 aliphatic heterocycles. The monoisotopic (exact) mass is 371 g/mol. The molecule has 2 aromatic carbocycles. The van der Waals surface area contributed by atoms with Crippen LogP contribution in [0.5, 0.6) is 5.75 Å². The summed E-state index contributed by atoms with van der Waals surface area (Å²) in [6, 6.07) is 12.3. The molecule has 0 unspecified atom stereocenters. The highest BCUT2D eigenvalue weighted by Gasteiger charge is 2.18. The number of nitrogens with zero attached hydrogens (tertiary/aromatic N) is 1. The summed E-state index contributed by atoms with van der Waals surface area (Å²) in [5, 5.41) is 1.13. The fourth-order valence-corrected chi connectivity index (χ4v) is 3.06. The topological polar surface area (TPSA) is 57.5 Å². The first kappa shape index (κ1) is 18.0. The number of hydrogen-bond acceptors (Lipinski definition) is 4. The van der Waals surface area contributed by atoms with Gasteiger partial charge in [0.15, 0.2) is 12.4 Å². The highest BCUT2D eigenvalue weighted by molar-refractivity contribution is 6.32. The second-order valence-electron chi connectivity index (χ2n) is 5.69. The van der Waals surface area contributed by atoms with Crippen molar-refractivity contribution in [2.45, 2.75) is 13.5 Å². The molecule has 0 aliphatic carbocycles. The van der Waals surface area contributed by atoms with Gasteiger partial charge in [-0.3, -0.25) is 4.79 Å². The molecule has 0 N–H and O–H groups in total. The molecule has 5 nitrogen and oxygen atoms in total. The molecule has 3 aromatic rings. The number of halogens is 1. The zero-order chi connectivity index (χ0) is 18.7.